The molecule has 0 aromatic heterocycles. The first-order valence-corrected chi connectivity index (χ1v) is 11.8. The number of amides is 4. The lowest BCUT2D eigenvalue weighted by molar-refractivity contribution is -0.133. The summed E-state index contributed by atoms with van der Waals surface area (Å²) in [5.74, 6) is -0.675. The summed E-state index contributed by atoms with van der Waals surface area (Å²) in [6.07, 6.45) is -0.278. The molecular formula is C26H33FN4O5. The molecule has 36 heavy (non-hydrogen) atoms. The van der Waals surface area contributed by atoms with E-state index in [-0.39, 0.29) is 47.9 Å². The minimum atomic E-state index is -0.648. The first-order valence-electron chi connectivity index (χ1n) is 11.8. The van der Waals surface area contributed by atoms with Crippen LogP contribution in [0.5, 0.6) is 5.75 Å². The average molecular weight is 501 g/mol. The molecule has 2 aromatic carbocycles. The molecule has 2 aromatic rings. The summed E-state index contributed by atoms with van der Waals surface area (Å²) < 4.78 is 25.5. The highest BCUT2D eigenvalue weighted by molar-refractivity contribution is 6.01. The van der Waals surface area contributed by atoms with Crippen molar-refractivity contribution >= 4 is 29.2 Å². The van der Waals surface area contributed by atoms with Crippen LogP contribution < -0.4 is 15.4 Å². The van der Waals surface area contributed by atoms with Crippen LogP contribution in [0, 0.1) is 11.7 Å². The Morgan fingerprint density at radius 1 is 1.11 bits per heavy atom. The monoisotopic (exact) mass is 500 g/mol. The Morgan fingerprint density at radius 3 is 2.50 bits per heavy atom. The number of nitrogens with zero attached hydrogens (tertiary/aromatic N) is 2. The smallest absolute Gasteiger partial charge is 0.323 e. The molecule has 1 aliphatic heterocycles. The fraction of sp³-hybridized carbons (Fsp3) is 0.423. The van der Waals surface area contributed by atoms with Crippen molar-refractivity contribution in [3.63, 3.8) is 0 Å². The number of urea groups is 1. The van der Waals surface area contributed by atoms with E-state index >= 15 is 0 Å². The number of nitrogens with one attached hydrogen (secondary N) is 2. The summed E-state index contributed by atoms with van der Waals surface area (Å²) in [5.41, 5.74) is 0.696. The van der Waals surface area contributed by atoms with Crippen LogP contribution in [-0.2, 0) is 9.53 Å². The van der Waals surface area contributed by atoms with E-state index in [1.54, 1.807) is 42.2 Å². The largest absolute Gasteiger partial charge is 0.491 e. The first kappa shape index (κ1) is 26.9. The predicted octanol–water partition coefficient (Wildman–Crippen LogP) is 3.82. The number of benzene rings is 2. The van der Waals surface area contributed by atoms with Gasteiger partial charge in [0.2, 0.25) is 5.91 Å². The molecule has 0 aliphatic carbocycles. The molecule has 2 N–H and O–H groups in total. The normalized spacial score (nSPS) is 20.9. The molecule has 9 nitrogen and oxygen atoms in total. The third-order valence-corrected chi connectivity index (χ3v) is 6.23. The number of anilines is 2. The number of likely N-dealkylation sites (N-methyl/N-ethyl adjacent to an activating group) is 1. The Balaban J connectivity index is 1.88. The van der Waals surface area contributed by atoms with Gasteiger partial charge in [-0.25, -0.2) is 9.18 Å². The number of ether oxygens (including phenoxy) is 2. The van der Waals surface area contributed by atoms with E-state index in [1.165, 1.54) is 31.2 Å². The van der Waals surface area contributed by atoms with Crippen molar-refractivity contribution in [3.05, 3.63) is 53.8 Å². The van der Waals surface area contributed by atoms with Crippen LogP contribution in [-0.4, -0.2) is 73.6 Å². The predicted molar refractivity (Wildman–Crippen MR) is 135 cm³/mol. The number of carbonyl (C=O) groups is 3. The molecule has 0 radical (unpaired) electrons. The van der Waals surface area contributed by atoms with Crippen molar-refractivity contribution in [1.82, 2.24) is 9.80 Å². The molecule has 0 saturated carbocycles. The van der Waals surface area contributed by atoms with E-state index in [1.807, 2.05) is 13.8 Å². The zero-order valence-corrected chi connectivity index (χ0v) is 21.2. The van der Waals surface area contributed by atoms with Crippen molar-refractivity contribution in [1.29, 1.82) is 0 Å². The Hall–Kier alpha value is -3.66. The van der Waals surface area contributed by atoms with E-state index in [0.717, 1.165) is 0 Å². The Labute approximate surface area is 210 Å². The zero-order chi connectivity index (χ0) is 26.4. The maximum absolute atomic E-state index is 13.9. The molecule has 1 heterocycles. The van der Waals surface area contributed by atoms with Gasteiger partial charge in [0.15, 0.2) is 0 Å². The summed E-state index contributed by atoms with van der Waals surface area (Å²) in [5, 5.41) is 5.09. The minimum absolute atomic E-state index is 0.0185. The van der Waals surface area contributed by atoms with Crippen molar-refractivity contribution < 1.29 is 28.2 Å². The van der Waals surface area contributed by atoms with E-state index < -0.39 is 11.8 Å². The van der Waals surface area contributed by atoms with Crippen LogP contribution in [0.4, 0.5) is 20.6 Å². The van der Waals surface area contributed by atoms with E-state index in [0.29, 0.717) is 24.3 Å². The second-order valence-corrected chi connectivity index (χ2v) is 9.04. The standard InChI is InChI=1S/C26H33FN4O5/c1-16-13-31(18(3)32)17(2)15-36-23-12-19(28-26(34)29-22-9-7-6-8-21(22)27)10-11-20(23)25(33)30(4)14-24(16)35-5/h6-12,16-17,24H,13-15H2,1-5H3,(H2,28,29,34)/t16-,17+,24-/m1/s1. The van der Waals surface area contributed by atoms with Crippen molar-refractivity contribution in [2.24, 2.45) is 5.92 Å². The lowest BCUT2D eigenvalue weighted by Crippen LogP contribution is -2.48. The van der Waals surface area contributed by atoms with E-state index in [2.05, 4.69) is 10.6 Å². The van der Waals surface area contributed by atoms with Crippen LogP contribution in [0.3, 0.4) is 0 Å². The fourth-order valence-corrected chi connectivity index (χ4v) is 4.14. The van der Waals surface area contributed by atoms with Gasteiger partial charge >= 0.3 is 6.03 Å². The van der Waals surface area contributed by atoms with Gasteiger partial charge in [-0.2, -0.15) is 0 Å². The van der Waals surface area contributed by atoms with Crippen molar-refractivity contribution in [3.8, 4) is 5.75 Å². The van der Waals surface area contributed by atoms with Gasteiger partial charge in [-0.3, -0.25) is 9.59 Å². The topological polar surface area (TPSA) is 100 Å². The van der Waals surface area contributed by atoms with Crippen LogP contribution in [0.15, 0.2) is 42.5 Å². The SMILES string of the molecule is CO[C@@H]1CN(C)C(=O)c2ccc(NC(=O)Nc3ccccc3F)cc2OC[C@H](C)N(C(C)=O)C[C@H]1C. The van der Waals surface area contributed by atoms with Gasteiger partial charge in [-0.15, -0.1) is 0 Å². The van der Waals surface area contributed by atoms with Crippen LogP contribution in [0.2, 0.25) is 0 Å². The number of hydrogen-bond donors (Lipinski definition) is 2. The molecule has 0 saturated heterocycles. The van der Waals surface area contributed by atoms with Gasteiger partial charge < -0.3 is 29.9 Å². The van der Waals surface area contributed by atoms with Crippen LogP contribution in [0.25, 0.3) is 0 Å². The van der Waals surface area contributed by atoms with Gasteiger partial charge in [0, 0.05) is 51.8 Å². The maximum Gasteiger partial charge on any atom is 0.323 e. The Morgan fingerprint density at radius 2 is 1.83 bits per heavy atom. The number of rotatable bonds is 3. The molecule has 0 fully saturated rings. The molecule has 3 rings (SSSR count). The van der Waals surface area contributed by atoms with Gasteiger partial charge in [0.25, 0.3) is 5.91 Å². The molecule has 4 amide bonds. The Bertz CT molecular complexity index is 1110. The highest BCUT2D eigenvalue weighted by Crippen LogP contribution is 2.27. The van der Waals surface area contributed by atoms with Gasteiger partial charge in [-0.1, -0.05) is 19.1 Å². The number of methoxy groups -OCH3 is 1. The lowest BCUT2D eigenvalue weighted by atomic mass is 10.0. The van der Waals surface area contributed by atoms with Crippen LogP contribution in [0.1, 0.15) is 31.1 Å². The molecule has 10 heteroatoms. The second kappa shape index (κ2) is 11.9. The molecule has 194 valence electrons. The fourth-order valence-electron chi connectivity index (χ4n) is 4.14. The highest BCUT2D eigenvalue weighted by atomic mass is 19.1. The summed E-state index contributed by atoms with van der Waals surface area (Å²) in [4.78, 5) is 41.3. The highest BCUT2D eigenvalue weighted by Gasteiger charge is 2.29. The Kier molecular flexibility index (Phi) is 8.87. The number of carbonyl (C=O) groups excluding carboxylic acids is 3. The number of fused-ring (bicyclic) bond motifs is 1. The van der Waals surface area contributed by atoms with E-state index in [9.17, 15) is 18.8 Å². The molecule has 0 spiro atoms. The van der Waals surface area contributed by atoms with Gasteiger partial charge in [-0.05, 0) is 31.2 Å². The minimum Gasteiger partial charge on any atom is -0.491 e. The van der Waals surface area contributed by atoms with Crippen molar-refractivity contribution in [2.45, 2.75) is 32.9 Å². The van der Waals surface area contributed by atoms with Crippen LogP contribution >= 0.6 is 0 Å². The third kappa shape index (κ3) is 6.51. The lowest BCUT2D eigenvalue weighted by Gasteiger charge is -2.35. The molecule has 0 unspecified atom stereocenters. The zero-order valence-electron chi connectivity index (χ0n) is 21.2. The maximum atomic E-state index is 13.9. The number of hydrogen-bond acceptors (Lipinski definition) is 5. The molecule has 0 bridgehead atoms. The summed E-state index contributed by atoms with van der Waals surface area (Å²) >= 11 is 0. The van der Waals surface area contributed by atoms with Crippen molar-refractivity contribution in [2.75, 3.05) is 44.5 Å². The van der Waals surface area contributed by atoms with Gasteiger partial charge in [0.05, 0.1) is 23.4 Å². The number of para-hydroxylation sites is 1. The average Bonchev–Trinajstić information content (AvgIpc) is 2.84. The third-order valence-electron chi connectivity index (χ3n) is 6.23. The molecule has 1 aliphatic rings. The second-order valence-electron chi connectivity index (χ2n) is 9.04. The van der Waals surface area contributed by atoms with Gasteiger partial charge in [0.1, 0.15) is 18.2 Å². The molecule has 3 atom stereocenters. The number of halogens is 1. The summed E-state index contributed by atoms with van der Waals surface area (Å²) in [7, 11) is 3.27. The first-order chi connectivity index (χ1) is 17.1. The summed E-state index contributed by atoms with van der Waals surface area (Å²) in [6, 6.07) is 9.58. The quantitative estimate of drug-likeness (QED) is 0.668. The van der Waals surface area contributed by atoms with E-state index in [4.69, 9.17) is 9.47 Å². The summed E-state index contributed by atoms with van der Waals surface area (Å²) in [6.45, 7) is 6.28. The molecular weight excluding hydrogens is 467 g/mol.